The first-order valence-electron chi connectivity index (χ1n) is 6.20. The molecule has 0 fully saturated rings. The van der Waals surface area contributed by atoms with Crippen LogP contribution in [0.25, 0.3) is 0 Å². The lowest BCUT2D eigenvalue weighted by atomic mass is 10.0. The Bertz CT molecular complexity index is 410. The average molecular weight is 288 g/mol. The molecule has 0 aliphatic heterocycles. The van der Waals surface area contributed by atoms with Gasteiger partial charge in [0.25, 0.3) is 0 Å². The minimum absolute atomic E-state index is 0. The number of carbonyl (C=O) groups is 1. The molecule has 5 heteroatoms. The van der Waals surface area contributed by atoms with Crippen molar-refractivity contribution in [3.8, 4) is 11.5 Å². The number of methoxy groups -OCH3 is 1. The Morgan fingerprint density at radius 2 is 2.05 bits per heavy atom. The Morgan fingerprint density at radius 1 is 1.37 bits per heavy atom. The summed E-state index contributed by atoms with van der Waals surface area (Å²) in [5.74, 6) is 0.599. The van der Waals surface area contributed by atoms with E-state index in [0.717, 1.165) is 24.8 Å². The lowest BCUT2D eigenvalue weighted by Crippen LogP contribution is -2.11. The van der Waals surface area contributed by atoms with Crippen LogP contribution in [0.5, 0.6) is 11.5 Å². The van der Waals surface area contributed by atoms with Gasteiger partial charge in [0.15, 0.2) is 11.5 Å². The third kappa shape index (κ3) is 5.49. The van der Waals surface area contributed by atoms with Gasteiger partial charge in [-0.05, 0) is 24.1 Å². The van der Waals surface area contributed by atoms with E-state index in [2.05, 4.69) is 6.92 Å². The van der Waals surface area contributed by atoms with Crippen LogP contribution in [0.1, 0.15) is 44.7 Å². The fourth-order valence-electron chi connectivity index (χ4n) is 1.74. The number of benzene rings is 1. The molecule has 0 aromatic heterocycles. The molecule has 0 aliphatic rings. The van der Waals surface area contributed by atoms with Gasteiger partial charge in [0.05, 0.1) is 7.11 Å². The van der Waals surface area contributed by atoms with E-state index in [4.69, 9.17) is 15.2 Å². The zero-order valence-corrected chi connectivity index (χ0v) is 12.5. The molecule has 1 atom stereocenters. The van der Waals surface area contributed by atoms with Crippen molar-refractivity contribution < 1.29 is 14.3 Å². The maximum atomic E-state index is 10.9. The summed E-state index contributed by atoms with van der Waals surface area (Å²) in [6.45, 7) is 3.50. The van der Waals surface area contributed by atoms with Gasteiger partial charge >= 0.3 is 5.97 Å². The van der Waals surface area contributed by atoms with Crippen molar-refractivity contribution in [3.63, 3.8) is 0 Å². The molecule has 0 aliphatic carbocycles. The van der Waals surface area contributed by atoms with E-state index in [1.54, 1.807) is 13.2 Å². The van der Waals surface area contributed by atoms with E-state index < -0.39 is 0 Å². The lowest BCUT2D eigenvalue weighted by Gasteiger charge is -2.14. The second kappa shape index (κ2) is 8.77. The highest BCUT2D eigenvalue weighted by Crippen LogP contribution is 2.31. The molecule has 0 spiro atoms. The van der Waals surface area contributed by atoms with Crippen molar-refractivity contribution in [1.82, 2.24) is 0 Å². The Labute approximate surface area is 120 Å². The molecule has 1 rings (SSSR count). The van der Waals surface area contributed by atoms with Gasteiger partial charge in [-0.3, -0.25) is 4.79 Å². The Morgan fingerprint density at radius 3 is 2.58 bits per heavy atom. The van der Waals surface area contributed by atoms with E-state index in [1.807, 2.05) is 12.1 Å². The minimum Gasteiger partial charge on any atom is -0.493 e. The first-order chi connectivity index (χ1) is 8.58. The van der Waals surface area contributed by atoms with Gasteiger partial charge in [0.2, 0.25) is 0 Å². The molecule has 1 aromatic rings. The van der Waals surface area contributed by atoms with Gasteiger partial charge in [0, 0.05) is 13.0 Å². The molecule has 108 valence electrons. The molecule has 0 radical (unpaired) electrons. The number of hydrogen-bond donors (Lipinski definition) is 1. The van der Waals surface area contributed by atoms with Crippen LogP contribution in [-0.2, 0) is 4.79 Å². The van der Waals surface area contributed by atoms with E-state index >= 15 is 0 Å². The van der Waals surface area contributed by atoms with Crippen molar-refractivity contribution in [2.75, 3.05) is 7.11 Å². The van der Waals surface area contributed by atoms with Crippen LogP contribution in [0.15, 0.2) is 18.2 Å². The van der Waals surface area contributed by atoms with E-state index in [-0.39, 0.29) is 24.4 Å². The number of nitrogens with two attached hydrogens (primary N) is 1. The molecular weight excluding hydrogens is 266 g/mol. The molecule has 0 unspecified atom stereocenters. The van der Waals surface area contributed by atoms with Gasteiger partial charge in [-0.2, -0.15) is 0 Å². The summed E-state index contributed by atoms with van der Waals surface area (Å²) < 4.78 is 10.3. The predicted molar refractivity (Wildman–Crippen MR) is 78.0 cm³/mol. The molecular formula is C14H22ClNO3. The Kier molecular flexibility index (Phi) is 8.19. The Hall–Kier alpha value is -1.26. The van der Waals surface area contributed by atoms with Crippen molar-refractivity contribution in [1.29, 1.82) is 0 Å². The highest BCUT2D eigenvalue weighted by atomic mass is 35.5. The summed E-state index contributed by atoms with van der Waals surface area (Å²) in [5.41, 5.74) is 7.09. The van der Waals surface area contributed by atoms with Crippen LogP contribution in [0.2, 0.25) is 0 Å². The zero-order valence-electron chi connectivity index (χ0n) is 11.6. The normalized spacial score (nSPS) is 11.4. The van der Waals surface area contributed by atoms with Gasteiger partial charge in [-0.15, -0.1) is 12.4 Å². The van der Waals surface area contributed by atoms with Crippen LogP contribution in [-0.4, -0.2) is 13.1 Å². The second-order valence-corrected chi connectivity index (χ2v) is 4.25. The monoisotopic (exact) mass is 287 g/mol. The maximum absolute atomic E-state index is 10.9. The average Bonchev–Trinajstić information content (AvgIpc) is 2.35. The predicted octanol–water partition coefficient (Wildman–Crippen LogP) is 3.23. The summed E-state index contributed by atoms with van der Waals surface area (Å²) in [5, 5.41) is 0. The topological polar surface area (TPSA) is 61.5 Å². The second-order valence-electron chi connectivity index (χ2n) is 4.25. The first kappa shape index (κ1) is 17.7. The molecule has 0 heterocycles. The number of unbranched alkanes of at least 4 members (excludes halogenated alkanes) is 1. The lowest BCUT2D eigenvalue weighted by molar-refractivity contribution is -0.132. The highest BCUT2D eigenvalue weighted by molar-refractivity contribution is 5.85. The number of rotatable bonds is 6. The summed E-state index contributed by atoms with van der Waals surface area (Å²) in [4.78, 5) is 10.9. The first-order valence-corrected chi connectivity index (χ1v) is 6.20. The molecule has 19 heavy (non-hydrogen) atoms. The van der Waals surface area contributed by atoms with Crippen LogP contribution < -0.4 is 15.2 Å². The number of esters is 1. The molecule has 0 saturated carbocycles. The largest absolute Gasteiger partial charge is 0.493 e. The van der Waals surface area contributed by atoms with Crippen LogP contribution >= 0.6 is 12.4 Å². The number of halogens is 1. The summed E-state index contributed by atoms with van der Waals surface area (Å²) in [6, 6.07) is 5.42. The summed E-state index contributed by atoms with van der Waals surface area (Å²) in [7, 11) is 1.55. The molecule has 4 nitrogen and oxygen atoms in total. The fourth-order valence-corrected chi connectivity index (χ4v) is 1.74. The quantitative estimate of drug-likeness (QED) is 0.644. The van der Waals surface area contributed by atoms with Crippen molar-refractivity contribution in [2.45, 2.75) is 39.2 Å². The SMILES string of the molecule is CCCC[C@@H](N)c1ccc(OC(C)=O)c(OC)c1.Cl. The number of hydrogen-bond acceptors (Lipinski definition) is 4. The van der Waals surface area contributed by atoms with Crippen molar-refractivity contribution >= 4 is 18.4 Å². The number of carbonyl (C=O) groups excluding carboxylic acids is 1. The summed E-state index contributed by atoms with van der Waals surface area (Å²) >= 11 is 0. The third-order valence-corrected chi connectivity index (χ3v) is 2.74. The van der Waals surface area contributed by atoms with Crippen LogP contribution in [0.3, 0.4) is 0 Å². The highest BCUT2D eigenvalue weighted by Gasteiger charge is 2.11. The van der Waals surface area contributed by atoms with Crippen molar-refractivity contribution in [2.24, 2.45) is 5.73 Å². The smallest absolute Gasteiger partial charge is 0.308 e. The maximum Gasteiger partial charge on any atom is 0.308 e. The molecule has 0 saturated heterocycles. The van der Waals surface area contributed by atoms with E-state index in [1.165, 1.54) is 6.92 Å². The van der Waals surface area contributed by atoms with E-state index in [0.29, 0.717) is 11.5 Å². The Balaban J connectivity index is 0.00000324. The fraction of sp³-hybridized carbons (Fsp3) is 0.500. The van der Waals surface area contributed by atoms with Gasteiger partial charge in [-0.1, -0.05) is 25.8 Å². The van der Waals surface area contributed by atoms with Crippen LogP contribution in [0, 0.1) is 0 Å². The van der Waals surface area contributed by atoms with Crippen molar-refractivity contribution in [3.05, 3.63) is 23.8 Å². The molecule has 0 bridgehead atoms. The summed E-state index contributed by atoms with van der Waals surface area (Å²) in [6.07, 6.45) is 3.15. The van der Waals surface area contributed by atoms with Crippen LogP contribution in [0.4, 0.5) is 0 Å². The molecule has 0 amide bonds. The van der Waals surface area contributed by atoms with Gasteiger partial charge in [0.1, 0.15) is 0 Å². The third-order valence-electron chi connectivity index (χ3n) is 2.74. The minimum atomic E-state index is -0.365. The zero-order chi connectivity index (χ0) is 13.5. The van der Waals surface area contributed by atoms with Gasteiger partial charge < -0.3 is 15.2 Å². The van der Waals surface area contributed by atoms with Gasteiger partial charge in [-0.25, -0.2) is 0 Å². The molecule has 2 N–H and O–H groups in total. The standard InChI is InChI=1S/C14H21NO3.ClH/c1-4-5-6-12(15)11-7-8-13(18-10(2)16)14(9-11)17-3;/h7-9,12H,4-6,15H2,1-3H3;1H/t12-;/m1./s1. The van der Waals surface area contributed by atoms with E-state index in [9.17, 15) is 4.79 Å². The molecule has 1 aromatic carbocycles. The number of ether oxygens (including phenoxy) is 2.